The van der Waals surface area contributed by atoms with Gasteiger partial charge in [-0.1, -0.05) is 5.92 Å². The molecular weight excluding hydrogens is 378 g/mol. The first-order valence-corrected chi connectivity index (χ1v) is 8.82. The molecule has 0 aliphatic carbocycles. The lowest BCUT2D eigenvalue weighted by Crippen LogP contribution is -2.65. The summed E-state index contributed by atoms with van der Waals surface area (Å²) >= 11 is 0. The highest BCUT2D eigenvalue weighted by Gasteiger charge is 2.47. The standard InChI is InChI=1S/C17H27NO10/c1-4-5-25-16-10(18-8(3)19)13(22)12(21)9(28-16)6-26-17-15(24)14(23)11(20)7(2)27-17/h1,7,9-17,20-24H,5-6H2,2-3H3,(H,18,19)/t7-,9+,10+,11+,12+,13+,14+,15-,16+,17+/m0/s1. The molecule has 2 saturated heterocycles. The Kier molecular flexibility index (Phi) is 8.14. The van der Waals surface area contributed by atoms with Crippen molar-refractivity contribution in [3.63, 3.8) is 0 Å². The molecule has 2 heterocycles. The van der Waals surface area contributed by atoms with E-state index in [9.17, 15) is 30.3 Å². The van der Waals surface area contributed by atoms with E-state index in [-0.39, 0.29) is 13.2 Å². The molecule has 0 radical (unpaired) electrons. The molecule has 28 heavy (non-hydrogen) atoms. The van der Waals surface area contributed by atoms with E-state index < -0.39 is 67.3 Å². The number of aliphatic hydroxyl groups excluding tert-OH is 5. The molecule has 0 unspecified atom stereocenters. The van der Waals surface area contributed by atoms with Crippen molar-refractivity contribution >= 4 is 5.91 Å². The number of nitrogens with one attached hydrogen (secondary N) is 1. The summed E-state index contributed by atoms with van der Waals surface area (Å²) in [5.74, 6) is 1.77. The van der Waals surface area contributed by atoms with Crippen molar-refractivity contribution in [1.82, 2.24) is 5.32 Å². The zero-order chi connectivity index (χ0) is 21.0. The van der Waals surface area contributed by atoms with Crippen LogP contribution in [0.5, 0.6) is 0 Å². The highest BCUT2D eigenvalue weighted by Crippen LogP contribution is 2.25. The zero-order valence-corrected chi connectivity index (χ0v) is 15.5. The van der Waals surface area contributed by atoms with Crippen molar-refractivity contribution in [3.8, 4) is 12.3 Å². The van der Waals surface area contributed by atoms with Gasteiger partial charge in [-0.05, 0) is 6.92 Å². The van der Waals surface area contributed by atoms with E-state index >= 15 is 0 Å². The first kappa shape index (κ1) is 23.0. The number of carbonyl (C=O) groups is 1. The Morgan fingerprint density at radius 2 is 1.68 bits per heavy atom. The third-order valence-electron chi connectivity index (χ3n) is 4.63. The van der Waals surface area contributed by atoms with Crippen LogP contribution in [0.4, 0.5) is 0 Å². The van der Waals surface area contributed by atoms with Crippen molar-refractivity contribution in [2.24, 2.45) is 0 Å². The SMILES string of the molecule is C#CCO[C@@H]1O[C@H](CO[C@@H]2O[C@@H](C)[C@@H](O)[C@@H](O)[C@@H]2O)[C@@H](O)[C@H](O)[C@H]1NC(C)=O. The Morgan fingerprint density at radius 1 is 1.00 bits per heavy atom. The molecule has 2 rings (SSSR count). The minimum atomic E-state index is -1.53. The Bertz CT molecular complexity index is 569. The van der Waals surface area contributed by atoms with E-state index in [1.54, 1.807) is 0 Å². The number of terminal acetylenes is 1. The summed E-state index contributed by atoms with van der Waals surface area (Å²) in [6.45, 7) is 2.21. The average molecular weight is 405 g/mol. The van der Waals surface area contributed by atoms with Gasteiger partial charge in [-0.25, -0.2) is 0 Å². The van der Waals surface area contributed by atoms with Crippen molar-refractivity contribution in [2.45, 2.75) is 75.2 Å². The lowest BCUT2D eigenvalue weighted by atomic mass is 9.96. The van der Waals surface area contributed by atoms with Crippen LogP contribution >= 0.6 is 0 Å². The molecule has 11 heteroatoms. The quantitative estimate of drug-likeness (QED) is 0.243. The normalized spacial score (nSPS) is 43.9. The fourth-order valence-electron chi connectivity index (χ4n) is 3.07. The number of ether oxygens (including phenoxy) is 4. The molecule has 0 bridgehead atoms. The van der Waals surface area contributed by atoms with Crippen molar-refractivity contribution in [1.29, 1.82) is 0 Å². The molecule has 2 aliphatic rings. The van der Waals surface area contributed by atoms with Gasteiger partial charge in [-0.3, -0.25) is 4.79 Å². The molecule has 0 aromatic carbocycles. The lowest BCUT2D eigenvalue weighted by molar-refractivity contribution is -0.315. The van der Waals surface area contributed by atoms with Crippen LogP contribution in [0.1, 0.15) is 13.8 Å². The second-order valence-corrected chi connectivity index (χ2v) is 6.78. The van der Waals surface area contributed by atoms with Crippen LogP contribution in [0.15, 0.2) is 0 Å². The summed E-state index contributed by atoms with van der Waals surface area (Å²) in [7, 11) is 0. The number of amides is 1. The van der Waals surface area contributed by atoms with Gasteiger partial charge < -0.3 is 49.8 Å². The number of carbonyl (C=O) groups excluding carboxylic acids is 1. The summed E-state index contributed by atoms with van der Waals surface area (Å²) < 4.78 is 21.6. The second-order valence-electron chi connectivity index (χ2n) is 6.78. The van der Waals surface area contributed by atoms with Gasteiger partial charge in [-0.15, -0.1) is 6.42 Å². The highest BCUT2D eigenvalue weighted by atomic mass is 16.7. The zero-order valence-electron chi connectivity index (χ0n) is 15.5. The largest absolute Gasteiger partial charge is 0.388 e. The minimum absolute atomic E-state index is 0.164. The summed E-state index contributed by atoms with van der Waals surface area (Å²) in [6.07, 6.45) is -6.41. The highest BCUT2D eigenvalue weighted by molar-refractivity contribution is 5.73. The number of rotatable bonds is 6. The summed E-state index contributed by atoms with van der Waals surface area (Å²) in [5, 5.41) is 52.6. The first-order chi connectivity index (χ1) is 13.2. The molecule has 10 atom stereocenters. The Labute approximate surface area is 162 Å². The maximum Gasteiger partial charge on any atom is 0.217 e. The molecule has 2 fully saturated rings. The number of hydrogen-bond donors (Lipinski definition) is 6. The van der Waals surface area contributed by atoms with Gasteiger partial charge in [0.2, 0.25) is 5.91 Å². The maximum atomic E-state index is 11.4. The van der Waals surface area contributed by atoms with E-state index in [2.05, 4.69) is 11.2 Å². The predicted octanol–water partition coefficient (Wildman–Crippen LogP) is -3.57. The van der Waals surface area contributed by atoms with Crippen molar-refractivity contribution in [3.05, 3.63) is 0 Å². The van der Waals surface area contributed by atoms with Gasteiger partial charge in [0.15, 0.2) is 12.6 Å². The second kappa shape index (κ2) is 9.93. The molecule has 6 N–H and O–H groups in total. The molecule has 0 spiro atoms. The van der Waals surface area contributed by atoms with E-state index in [0.29, 0.717) is 0 Å². The third-order valence-corrected chi connectivity index (χ3v) is 4.63. The summed E-state index contributed by atoms with van der Waals surface area (Å²) in [4.78, 5) is 11.4. The van der Waals surface area contributed by atoms with Gasteiger partial charge in [0, 0.05) is 6.92 Å². The molecular formula is C17H27NO10. The van der Waals surface area contributed by atoms with Gasteiger partial charge >= 0.3 is 0 Å². The minimum Gasteiger partial charge on any atom is -0.388 e. The molecule has 0 aromatic rings. The van der Waals surface area contributed by atoms with Crippen molar-refractivity contribution < 1.29 is 49.3 Å². The van der Waals surface area contributed by atoms with Crippen LogP contribution in [-0.2, 0) is 23.7 Å². The molecule has 11 nitrogen and oxygen atoms in total. The Balaban J connectivity index is 2.02. The fraction of sp³-hybridized carbons (Fsp3) is 0.824. The number of aliphatic hydroxyl groups is 5. The van der Waals surface area contributed by atoms with Crippen LogP contribution in [-0.4, -0.2) is 106 Å². The van der Waals surface area contributed by atoms with Crippen LogP contribution < -0.4 is 5.32 Å². The first-order valence-electron chi connectivity index (χ1n) is 8.82. The maximum absolute atomic E-state index is 11.4. The van der Waals surface area contributed by atoms with E-state index in [0.717, 1.165) is 0 Å². The van der Waals surface area contributed by atoms with Gasteiger partial charge in [-0.2, -0.15) is 0 Å². The molecule has 0 saturated carbocycles. The Morgan fingerprint density at radius 3 is 2.29 bits per heavy atom. The van der Waals surface area contributed by atoms with Crippen LogP contribution in [0.25, 0.3) is 0 Å². The van der Waals surface area contributed by atoms with E-state index in [1.807, 2.05) is 0 Å². The molecule has 160 valence electrons. The number of hydrogen-bond acceptors (Lipinski definition) is 10. The molecule has 1 amide bonds. The summed E-state index contributed by atoms with van der Waals surface area (Å²) in [6, 6.07) is -1.06. The van der Waals surface area contributed by atoms with Gasteiger partial charge in [0.05, 0.1) is 12.7 Å². The van der Waals surface area contributed by atoms with Crippen LogP contribution in [0.2, 0.25) is 0 Å². The van der Waals surface area contributed by atoms with E-state index in [4.69, 9.17) is 25.4 Å². The predicted molar refractivity (Wildman–Crippen MR) is 91.4 cm³/mol. The molecule has 0 aromatic heterocycles. The third kappa shape index (κ3) is 5.18. The van der Waals surface area contributed by atoms with Crippen molar-refractivity contribution in [2.75, 3.05) is 13.2 Å². The fourth-order valence-corrected chi connectivity index (χ4v) is 3.07. The molecule has 2 aliphatic heterocycles. The van der Waals surface area contributed by atoms with E-state index in [1.165, 1.54) is 13.8 Å². The van der Waals surface area contributed by atoms with Gasteiger partial charge in [0.1, 0.15) is 49.3 Å². The van der Waals surface area contributed by atoms with Gasteiger partial charge in [0.25, 0.3) is 0 Å². The van der Waals surface area contributed by atoms with Crippen LogP contribution in [0.3, 0.4) is 0 Å². The monoisotopic (exact) mass is 405 g/mol. The smallest absolute Gasteiger partial charge is 0.217 e. The average Bonchev–Trinajstić information content (AvgIpc) is 2.65. The van der Waals surface area contributed by atoms with Crippen LogP contribution in [0, 0.1) is 12.3 Å². The Hall–Kier alpha value is -1.33. The summed E-state index contributed by atoms with van der Waals surface area (Å²) in [5.41, 5.74) is 0. The topological polar surface area (TPSA) is 167 Å². The lowest BCUT2D eigenvalue weighted by Gasteiger charge is -2.43.